The van der Waals surface area contributed by atoms with Gasteiger partial charge in [0.1, 0.15) is 11.6 Å². The molecule has 0 unspecified atom stereocenters. The van der Waals surface area contributed by atoms with Crippen molar-refractivity contribution in [3.8, 4) is 0 Å². The molecule has 0 aliphatic heterocycles. The van der Waals surface area contributed by atoms with Gasteiger partial charge in [0.25, 0.3) is 0 Å². The molecule has 3 aromatic rings. The van der Waals surface area contributed by atoms with Crippen LogP contribution < -0.4 is 0 Å². The van der Waals surface area contributed by atoms with E-state index in [-0.39, 0.29) is 18.7 Å². The van der Waals surface area contributed by atoms with Crippen LogP contribution in [0.15, 0.2) is 48.7 Å². The number of aliphatic hydroxyl groups is 1. The van der Waals surface area contributed by atoms with Crippen molar-refractivity contribution < 1.29 is 13.9 Å². The number of hydrogen-bond donors (Lipinski definition) is 1. The maximum atomic E-state index is 13.7. The molecule has 0 bridgehead atoms. The molecule has 0 saturated heterocycles. The number of hydrogen-bond acceptors (Lipinski definition) is 1. The second-order valence-corrected chi connectivity index (χ2v) is 4.69. The first-order valence-electron chi connectivity index (χ1n) is 6.30. The summed E-state index contributed by atoms with van der Waals surface area (Å²) in [5.41, 5.74) is 1.95. The van der Waals surface area contributed by atoms with Crippen molar-refractivity contribution >= 4 is 10.9 Å². The molecule has 0 aliphatic carbocycles. The molecule has 0 fully saturated rings. The fourth-order valence-corrected chi connectivity index (χ4v) is 2.43. The first kappa shape index (κ1) is 12.8. The Morgan fingerprint density at radius 3 is 2.60 bits per heavy atom. The highest BCUT2D eigenvalue weighted by Gasteiger charge is 2.10. The highest BCUT2D eigenvalue weighted by Crippen LogP contribution is 2.23. The topological polar surface area (TPSA) is 25.2 Å². The van der Waals surface area contributed by atoms with E-state index in [1.165, 1.54) is 6.07 Å². The lowest BCUT2D eigenvalue weighted by molar-refractivity contribution is 0.283. The third-order valence-corrected chi connectivity index (χ3v) is 3.39. The predicted molar refractivity (Wildman–Crippen MR) is 73.3 cm³/mol. The lowest BCUT2D eigenvalue weighted by Gasteiger charge is -2.07. The number of aromatic nitrogens is 1. The Morgan fingerprint density at radius 2 is 1.80 bits per heavy atom. The van der Waals surface area contributed by atoms with Crippen LogP contribution in [0.25, 0.3) is 10.9 Å². The van der Waals surface area contributed by atoms with E-state index in [0.717, 1.165) is 28.6 Å². The zero-order valence-corrected chi connectivity index (χ0v) is 10.7. The van der Waals surface area contributed by atoms with E-state index < -0.39 is 11.6 Å². The van der Waals surface area contributed by atoms with Gasteiger partial charge < -0.3 is 9.67 Å². The van der Waals surface area contributed by atoms with Crippen LogP contribution in [0.4, 0.5) is 8.78 Å². The average molecular weight is 273 g/mol. The highest BCUT2D eigenvalue weighted by atomic mass is 19.1. The van der Waals surface area contributed by atoms with E-state index >= 15 is 0 Å². The summed E-state index contributed by atoms with van der Waals surface area (Å²) in [4.78, 5) is 0. The SMILES string of the molecule is OCc1cn(Cc2cc(F)ccc2F)c2ccccc12. The van der Waals surface area contributed by atoms with Crippen LogP contribution in [0.1, 0.15) is 11.1 Å². The molecular weight excluding hydrogens is 260 g/mol. The van der Waals surface area contributed by atoms with Gasteiger partial charge in [0.15, 0.2) is 0 Å². The first-order chi connectivity index (χ1) is 9.69. The van der Waals surface area contributed by atoms with Gasteiger partial charge in [-0.25, -0.2) is 8.78 Å². The molecule has 3 rings (SSSR count). The number of aliphatic hydroxyl groups excluding tert-OH is 1. The molecule has 2 nitrogen and oxygen atoms in total. The van der Waals surface area contributed by atoms with E-state index in [9.17, 15) is 13.9 Å². The Kier molecular flexibility index (Phi) is 3.24. The van der Waals surface area contributed by atoms with Crippen LogP contribution in [0.2, 0.25) is 0 Å². The molecule has 20 heavy (non-hydrogen) atoms. The zero-order chi connectivity index (χ0) is 14.1. The fraction of sp³-hybridized carbons (Fsp3) is 0.125. The Hall–Kier alpha value is -2.20. The van der Waals surface area contributed by atoms with Gasteiger partial charge in [-0.05, 0) is 24.3 Å². The van der Waals surface area contributed by atoms with Gasteiger partial charge in [-0.2, -0.15) is 0 Å². The molecule has 0 radical (unpaired) electrons. The summed E-state index contributed by atoms with van der Waals surface area (Å²) in [6.07, 6.45) is 1.77. The maximum absolute atomic E-state index is 13.7. The monoisotopic (exact) mass is 273 g/mol. The summed E-state index contributed by atoms with van der Waals surface area (Å²) in [5.74, 6) is -0.894. The zero-order valence-electron chi connectivity index (χ0n) is 10.7. The van der Waals surface area contributed by atoms with Gasteiger partial charge in [-0.1, -0.05) is 18.2 Å². The quantitative estimate of drug-likeness (QED) is 0.776. The van der Waals surface area contributed by atoms with Crippen molar-refractivity contribution in [2.24, 2.45) is 0 Å². The van der Waals surface area contributed by atoms with Gasteiger partial charge >= 0.3 is 0 Å². The first-order valence-corrected chi connectivity index (χ1v) is 6.30. The summed E-state index contributed by atoms with van der Waals surface area (Å²) in [6.45, 7) is 0.142. The molecule has 0 amide bonds. The second-order valence-electron chi connectivity index (χ2n) is 4.69. The molecule has 102 valence electrons. The Morgan fingerprint density at radius 1 is 1.00 bits per heavy atom. The van der Waals surface area contributed by atoms with Crippen LogP contribution in [0.3, 0.4) is 0 Å². The average Bonchev–Trinajstić information content (AvgIpc) is 2.81. The molecule has 0 spiro atoms. The van der Waals surface area contributed by atoms with Crippen molar-refractivity contribution in [1.82, 2.24) is 4.57 Å². The Bertz CT molecular complexity index is 764. The van der Waals surface area contributed by atoms with E-state index in [1.54, 1.807) is 6.20 Å². The lowest BCUT2D eigenvalue weighted by atomic mass is 10.2. The maximum Gasteiger partial charge on any atom is 0.128 e. The van der Waals surface area contributed by atoms with E-state index in [2.05, 4.69) is 0 Å². The van der Waals surface area contributed by atoms with Gasteiger partial charge in [0.05, 0.1) is 13.2 Å². The summed E-state index contributed by atoms with van der Waals surface area (Å²) in [5, 5.41) is 10.3. The number of benzene rings is 2. The largest absolute Gasteiger partial charge is 0.392 e. The van der Waals surface area contributed by atoms with E-state index in [4.69, 9.17) is 0 Å². The molecule has 1 heterocycles. The summed E-state index contributed by atoms with van der Waals surface area (Å²) < 4.78 is 28.8. The molecule has 0 atom stereocenters. The van der Waals surface area contributed by atoms with Gasteiger partial charge in [-0.3, -0.25) is 0 Å². The minimum Gasteiger partial charge on any atom is -0.392 e. The van der Waals surface area contributed by atoms with Crippen LogP contribution in [0, 0.1) is 11.6 Å². The second kappa shape index (κ2) is 5.06. The molecule has 0 aliphatic rings. The van der Waals surface area contributed by atoms with Gasteiger partial charge in [0.2, 0.25) is 0 Å². The molecular formula is C16H13F2NO. The van der Waals surface area contributed by atoms with Crippen LogP contribution in [0.5, 0.6) is 0 Å². The van der Waals surface area contributed by atoms with Crippen molar-refractivity contribution in [2.45, 2.75) is 13.2 Å². The van der Waals surface area contributed by atoms with E-state index in [0.29, 0.717) is 0 Å². The normalized spacial score (nSPS) is 11.2. The number of nitrogens with zero attached hydrogens (tertiary/aromatic N) is 1. The molecule has 1 aromatic heterocycles. The number of rotatable bonds is 3. The van der Waals surface area contributed by atoms with Gasteiger partial charge in [-0.15, -0.1) is 0 Å². The van der Waals surface area contributed by atoms with Crippen molar-refractivity contribution in [3.63, 3.8) is 0 Å². The summed E-state index contributed by atoms with van der Waals surface area (Å²) >= 11 is 0. The number of halogens is 2. The van der Waals surface area contributed by atoms with Crippen molar-refractivity contribution in [3.05, 3.63) is 71.4 Å². The smallest absolute Gasteiger partial charge is 0.128 e. The molecule has 4 heteroatoms. The number of para-hydroxylation sites is 1. The molecule has 1 N–H and O–H groups in total. The Labute approximate surface area is 114 Å². The molecule has 2 aromatic carbocycles. The van der Waals surface area contributed by atoms with E-state index in [1.807, 2.05) is 28.8 Å². The third-order valence-electron chi connectivity index (χ3n) is 3.39. The highest BCUT2D eigenvalue weighted by molar-refractivity contribution is 5.83. The van der Waals surface area contributed by atoms with Crippen LogP contribution in [-0.2, 0) is 13.2 Å². The minimum atomic E-state index is -0.458. The van der Waals surface area contributed by atoms with Crippen molar-refractivity contribution in [2.75, 3.05) is 0 Å². The van der Waals surface area contributed by atoms with Crippen LogP contribution >= 0.6 is 0 Å². The predicted octanol–water partition coefficient (Wildman–Crippen LogP) is 3.46. The summed E-state index contributed by atoms with van der Waals surface area (Å²) in [7, 11) is 0. The summed E-state index contributed by atoms with van der Waals surface area (Å²) in [6, 6.07) is 11.0. The van der Waals surface area contributed by atoms with Crippen molar-refractivity contribution in [1.29, 1.82) is 0 Å². The third kappa shape index (κ3) is 2.18. The fourth-order valence-electron chi connectivity index (χ4n) is 2.43. The standard InChI is InChI=1S/C16H13F2NO/c17-13-5-6-15(18)11(7-13)8-19-9-12(10-20)14-3-1-2-4-16(14)19/h1-7,9,20H,8,10H2. The number of fused-ring (bicyclic) bond motifs is 1. The minimum absolute atomic E-state index is 0.0842. The lowest BCUT2D eigenvalue weighted by Crippen LogP contribution is -2.01. The van der Waals surface area contributed by atoms with Gasteiger partial charge in [0, 0.05) is 28.2 Å². The van der Waals surface area contributed by atoms with Crippen LogP contribution in [-0.4, -0.2) is 9.67 Å². The molecule has 0 saturated carbocycles. The Balaban J connectivity index is 2.09.